The van der Waals surface area contributed by atoms with Crippen LogP contribution >= 0.6 is 0 Å². The number of ether oxygens (including phenoxy) is 1. The molecule has 0 saturated carbocycles. The molecule has 1 aromatic rings. The maximum atomic E-state index is 12.9. The van der Waals surface area contributed by atoms with Crippen LogP contribution in [-0.4, -0.2) is 49.9 Å². The van der Waals surface area contributed by atoms with E-state index in [1.807, 2.05) is 4.90 Å². The first kappa shape index (κ1) is 13.6. The van der Waals surface area contributed by atoms with Gasteiger partial charge < -0.3 is 4.74 Å². The normalized spacial score (nSPS) is 16.7. The second kappa shape index (κ2) is 6.96. The minimum Gasteiger partial charge on any atom is -0.379 e. The maximum absolute atomic E-state index is 12.9. The number of amides is 1. The molecule has 1 amide bonds. The summed E-state index contributed by atoms with van der Waals surface area (Å²) in [6.07, 6.45) is 1.42. The van der Waals surface area contributed by atoms with E-state index in [1.54, 1.807) is 12.1 Å². The lowest BCUT2D eigenvalue weighted by molar-refractivity contribution is -0.123. The van der Waals surface area contributed by atoms with E-state index in [-0.39, 0.29) is 11.7 Å². The molecule has 1 N–H and O–H groups in total. The Balaban J connectivity index is 1.76. The summed E-state index contributed by atoms with van der Waals surface area (Å²) in [4.78, 5) is 13.6. The fraction of sp³-hybridized carbons (Fsp3) is 0.385. The Kier molecular flexibility index (Phi) is 5.00. The second-order valence-corrected chi connectivity index (χ2v) is 4.24. The molecule has 19 heavy (non-hydrogen) atoms. The monoisotopic (exact) mass is 265 g/mol. The molecule has 1 aromatic carbocycles. The molecule has 0 aliphatic carbocycles. The van der Waals surface area contributed by atoms with Crippen LogP contribution in [0.4, 0.5) is 4.39 Å². The Hall–Kier alpha value is -1.79. The largest absolute Gasteiger partial charge is 0.379 e. The fourth-order valence-corrected chi connectivity index (χ4v) is 1.76. The third kappa shape index (κ3) is 4.76. The van der Waals surface area contributed by atoms with Crippen LogP contribution < -0.4 is 5.43 Å². The van der Waals surface area contributed by atoms with Gasteiger partial charge >= 0.3 is 0 Å². The lowest BCUT2D eigenvalue weighted by Crippen LogP contribution is -2.42. The van der Waals surface area contributed by atoms with Crippen LogP contribution in [0.3, 0.4) is 0 Å². The standard InChI is InChI=1S/C13H16FN3O2/c14-12-3-1-2-11(8-12)9-15-16-13(18)10-17-4-6-19-7-5-17/h1-3,8-9H,4-7,10H2,(H,16,18). The van der Waals surface area contributed by atoms with Gasteiger partial charge in [0.15, 0.2) is 0 Å². The molecule has 102 valence electrons. The van der Waals surface area contributed by atoms with Gasteiger partial charge in [-0.15, -0.1) is 0 Å². The first-order valence-electron chi connectivity index (χ1n) is 6.11. The van der Waals surface area contributed by atoms with E-state index in [9.17, 15) is 9.18 Å². The summed E-state index contributed by atoms with van der Waals surface area (Å²) in [5.41, 5.74) is 3.03. The Labute approximate surface area is 111 Å². The smallest absolute Gasteiger partial charge is 0.254 e. The third-order valence-electron chi connectivity index (χ3n) is 2.72. The summed E-state index contributed by atoms with van der Waals surface area (Å²) in [5, 5.41) is 3.80. The number of rotatable bonds is 4. The molecule has 0 spiro atoms. The number of halogens is 1. The molecule has 0 atom stereocenters. The predicted octanol–water partition coefficient (Wildman–Crippen LogP) is 0.608. The van der Waals surface area contributed by atoms with E-state index in [4.69, 9.17) is 4.74 Å². The molecule has 0 radical (unpaired) electrons. The highest BCUT2D eigenvalue weighted by Gasteiger charge is 2.13. The van der Waals surface area contributed by atoms with Gasteiger partial charge in [0.2, 0.25) is 0 Å². The summed E-state index contributed by atoms with van der Waals surface area (Å²) in [5.74, 6) is -0.516. The van der Waals surface area contributed by atoms with E-state index in [2.05, 4.69) is 10.5 Å². The van der Waals surface area contributed by atoms with Gasteiger partial charge in [0.05, 0.1) is 26.0 Å². The van der Waals surface area contributed by atoms with Crippen LogP contribution in [0.15, 0.2) is 29.4 Å². The van der Waals surface area contributed by atoms with Gasteiger partial charge in [0.25, 0.3) is 5.91 Å². The molecule has 0 unspecified atom stereocenters. The Morgan fingerprint density at radius 3 is 3.00 bits per heavy atom. The number of carbonyl (C=O) groups excluding carboxylic acids is 1. The van der Waals surface area contributed by atoms with Crippen molar-refractivity contribution in [3.63, 3.8) is 0 Å². The molecule has 1 aliphatic heterocycles. The number of carbonyl (C=O) groups is 1. The molecule has 6 heteroatoms. The average Bonchev–Trinajstić information content (AvgIpc) is 2.40. The van der Waals surface area contributed by atoms with Crippen LogP contribution in [0.25, 0.3) is 0 Å². The van der Waals surface area contributed by atoms with E-state index >= 15 is 0 Å². The molecular formula is C13H16FN3O2. The number of nitrogens with one attached hydrogen (secondary N) is 1. The number of nitrogens with zero attached hydrogens (tertiary/aromatic N) is 2. The first-order valence-corrected chi connectivity index (χ1v) is 6.11. The minimum absolute atomic E-state index is 0.186. The van der Waals surface area contributed by atoms with Crippen molar-refractivity contribution in [1.82, 2.24) is 10.3 Å². The number of hydrazone groups is 1. The van der Waals surface area contributed by atoms with E-state index in [1.165, 1.54) is 18.3 Å². The van der Waals surface area contributed by atoms with Gasteiger partial charge in [-0.2, -0.15) is 5.10 Å². The van der Waals surface area contributed by atoms with Crippen LogP contribution in [0.1, 0.15) is 5.56 Å². The lowest BCUT2D eigenvalue weighted by Gasteiger charge is -2.25. The van der Waals surface area contributed by atoms with E-state index in [0.717, 1.165) is 13.1 Å². The zero-order chi connectivity index (χ0) is 13.5. The summed E-state index contributed by atoms with van der Waals surface area (Å²) in [6.45, 7) is 3.10. The SMILES string of the molecule is O=C(CN1CCOCC1)NN=Cc1cccc(F)c1. The summed E-state index contributed by atoms with van der Waals surface area (Å²) < 4.78 is 18.1. The quantitative estimate of drug-likeness (QED) is 0.641. The van der Waals surface area contributed by atoms with Gasteiger partial charge in [-0.3, -0.25) is 9.69 Å². The van der Waals surface area contributed by atoms with Gasteiger partial charge in [-0.05, 0) is 17.7 Å². The highest BCUT2D eigenvalue weighted by atomic mass is 19.1. The Morgan fingerprint density at radius 1 is 1.47 bits per heavy atom. The highest BCUT2D eigenvalue weighted by molar-refractivity contribution is 5.83. The summed E-state index contributed by atoms with van der Waals surface area (Å²) >= 11 is 0. The Morgan fingerprint density at radius 2 is 2.26 bits per heavy atom. The number of morpholine rings is 1. The topological polar surface area (TPSA) is 53.9 Å². The molecule has 0 aromatic heterocycles. The molecule has 0 bridgehead atoms. The van der Waals surface area contributed by atoms with Crippen molar-refractivity contribution in [2.24, 2.45) is 5.10 Å². The summed E-state index contributed by atoms with van der Waals surface area (Å²) in [7, 11) is 0. The molecule has 1 heterocycles. The highest BCUT2D eigenvalue weighted by Crippen LogP contribution is 2.00. The zero-order valence-electron chi connectivity index (χ0n) is 10.5. The van der Waals surface area contributed by atoms with Crippen molar-refractivity contribution in [3.8, 4) is 0 Å². The van der Waals surface area contributed by atoms with Crippen molar-refractivity contribution in [2.75, 3.05) is 32.8 Å². The van der Waals surface area contributed by atoms with Gasteiger partial charge in [0.1, 0.15) is 5.82 Å². The fourth-order valence-electron chi connectivity index (χ4n) is 1.76. The Bertz CT molecular complexity index is 459. The molecule has 2 rings (SSSR count). The minimum atomic E-state index is -0.330. The van der Waals surface area contributed by atoms with Crippen LogP contribution in [0.5, 0.6) is 0 Å². The predicted molar refractivity (Wildman–Crippen MR) is 69.4 cm³/mol. The third-order valence-corrected chi connectivity index (χ3v) is 2.72. The molecular weight excluding hydrogens is 249 g/mol. The number of hydrogen-bond acceptors (Lipinski definition) is 4. The molecule has 1 fully saturated rings. The van der Waals surface area contributed by atoms with Crippen molar-refractivity contribution in [2.45, 2.75) is 0 Å². The average molecular weight is 265 g/mol. The second-order valence-electron chi connectivity index (χ2n) is 4.24. The molecule has 5 nitrogen and oxygen atoms in total. The molecule has 1 saturated heterocycles. The van der Waals surface area contributed by atoms with Gasteiger partial charge in [-0.1, -0.05) is 12.1 Å². The number of benzene rings is 1. The van der Waals surface area contributed by atoms with Gasteiger partial charge in [-0.25, -0.2) is 9.82 Å². The van der Waals surface area contributed by atoms with E-state index in [0.29, 0.717) is 25.3 Å². The van der Waals surface area contributed by atoms with Crippen molar-refractivity contribution in [1.29, 1.82) is 0 Å². The van der Waals surface area contributed by atoms with Crippen LogP contribution in [0, 0.1) is 5.82 Å². The van der Waals surface area contributed by atoms with Crippen LogP contribution in [-0.2, 0) is 9.53 Å². The lowest BCUT2D eigenvalue weighted by atomic mass is 10.2. The zero-order valence-corrected chi connectivity index (χ0v) is 10.5. The van der Waals surface area contributed by atoms with E-state index < -0.39 is 0 Å². The van der Waals surface area contributed by atoms with Crippen molar-refractivity contribution in [3.05, 3.63) is 35.6 Å². The summed E-state index contributed by atoms with van der Waals surface area (Å²) in [6, 6.07) is 6.00. The van der Waals surface area contributed by atoms with Crippen molar-refractivity contribution < 1.29 is 13.9 Å². The number of hydrogen-bond donors (Lipinski definition) is 1. The first-order chi connectivity index (χ1) is 9.24. The van der Waals surface area contributed by atoms with Crippen molar-refractivity contribution >= 4 is 12.1 Å². The van der Waals surface area contributed by atoms with Crippen LogP contribution in [0.2, 0.25) is 0 Å². The molecule has 1 aliphatic rings. The maximum Gasteiger partial charge on any atom is 0.254 e. The van der Waals surface area contributed by atoms with Gasteiger partial charge in [0, 0.05) is 13.1 Å².